The quantitative estimate of drug-likeness (QED) is 0.224. The van der Waals surface area contributed by atoms with Crippen LogP contribution in [-0.4, -0.2) is 61.8 Å². The number of carbonyl (C=O) groups is 4. The van der Waals surface area contributed by atoms with Gasteiger partial charge in [0.05, 0.1) is 13.7 Å². The lowest BCUT2D eigenvalue weighted by Crippen LogP contribution is -2.63. The fraction of sp³-hybridized carbons (Fsp3) is 0.360. The number of nitrogens with zero attached hydrogens (tertiary/aromatic N) is 1. The van der Waals surface area contributed by atoms with Crippen LogP contribution < -0.4 is 15.5 Å². The molecule has 0 aliphatic heterocycles. The van der Waals surface area contributed by atoms with Gasteiger partial charge >= 0.3 is 18.0 Å². The highest BCUT2D eigenvalue weighted by Crippen LogP contribution is 2.32. The Morgan fingerprint density at radius 2 is 1.60 bits per heavy atom. The molecule has 0 bridgehead atoms. The number of aliphatic carboxylic acids is 1. The lowest BCUT2D eigenvalue weighted by atomic mass is 9.89. The van der Waals surface area contributed by atoms with Gasteiger partial charge in [0.1, 0.15) is 6.61 Å². The lowest BCUT2D eigenvalue weighted by Gasteiger charge is -2.37. The largest absolute Gasteiger partial charge is 0.479 e. The Hall–Kier alpha value is -3.92. The molecule has 2 amide bonds. The van der Waals surface area contributed by atoms with E-state index >= 15 is 0 Å². The van der Waals surface area contributed by atoms with E-state index in [2.05, 4.69) is 10.6 Å². The summed E-state index contributed by atoms with van der Waals surface area (Å²) in [7, 11) is 2.71. The first kappa shape index (κ1) is 27.3. The van der Waals surface area contributed by atoms with Crippen molar-refractivity contribution in [3.63, 3.8) is 0 Å². The molecule has 0 aliphatic carbocycles. The van der Waals surface area contributed by atoms with Gasteiger partial charge in [0.25, 0.3) is 0 Å². The zero-order valence-corrected chi connectivity index (χ0v) is 19.9. The van der Waals surface area contributed by atoms with E-state index in [-0.39, 0.29) is 44.1 Å². The molecule has 0 fully saturated rings. The van der Waals surface area contributed by atoms with Crippen LogP contribution in [0.15, 0.2) is 60.7 Å². The summed E-state index contributed by atoms with van der Waals surface area (Å²) < 4.78 is 10.3. The van der Waals surface area contributed by atoms with Gasteiger partial charge in [0.2, 0.25) is 11.4 Å². The van der Waals surface area contributed by atoms with Crippen molar-refractivity contribution in [1.29, 1.82) is 0 Å². The monoisotopic (exact) mass is 485 g/mol. The second-order valence-electron chi connectivity index (χ2n) is 7.71. The maximum Gasteiger partial charge on any atom is 0.416 e. The summed E-state index contributed by atoms with van der Waals surface area (Å²) >= 11 is 0. The molecule has 0 saturated heterocycles. The van der Waals surface area contributed by atoms with Gasteiger partial charge in [0, 0.05) is 12.2 Å². The number of hydrogen-bond acceptors (Lipinski definition) is 7. The minimum Gasteiger partial charge on any atom is -0.479 e. The van der Waals surface area contributed by atoms with Gasteiger partial charge in [-0.25, -0.2) is 14.4 Å². The van der Waals surface area contributed by atoms with E-state index in [9.17, 15) is 24.3 Å². The molecule has 10 heteroatoms. The first-order valence-electron chi connectivity index (χ1n) is 11.2. The minimum atomic E-state index is -2.38. The minimum absolute atomic E-state index is 0.114. The highest BCUT2D eigenvalue weighted by atomic mass is 16.6. The van der Waals surface area contributed by atoms with Crippen LogP contribution in [0.4, 0.5) is 10.5 Å². The number of benzene rings is 2. The number of carboxylic acid groups (broad SMARTS) is 1. The van der Waals surface area contributed by atoms with E-state index in [1.165, 1.54) is 12.1 Å². The van der Waals surface area contributed by atoms with Gasteiger partial charge in [-0.05, 0) is 44.0 Å². The molecule has 0 unspecified atom stereocenters. The number of ether oxygens (including phenoxy) is 2. The third-order valence-corrected chi connectivity index (χ3v) is 5.29. The number of esters is 1. The van der Waals surface area contributed by atoms with E-state index in [4.69, 9.17) is 9.47 Å². The van der Waals surface area contributed by atoms with Crippen LogP contribution >= 0.6 is 0 Å². The third-order valence-electron chi connectivity index (χ3n) is 5.29. The molecule has 2 rings (SSSR count). The number of carboxylic acids is 1. The third kappa shape index (κ3) is 7.28. The van der Waals surface area contributed by atoms with E-state index < -0.39 is 23.6 Å². The average Bonchev–Trinajstić information content (AvgIpc) is 2.87. The molecule has 35 heavy (non-hydrogen) atoms. The number of para-hydroxylation sites is 1. The predicted molar refractivity (Wildman–Crippen MR) is 129 cm³/mol. The molecule has 0 radical (unpaired) electrons. The molecular formula is C25H31N3O7. The number of hydrogen-bond donors (Lipinski definition) is 3. The normalized spacial score (nSPS) is 12.2. The number of unbranched alkanes of at least 4 members (excludes halogenated alkanes) is 1. The first-order valence-corrected chi connectivity index (χ1v) is 11.2. The number of rotatable bonds is 13. The average molecular weight is 486 g/mol. The molecule has 1 atom stereocenters. The van der Waals surface area contributed by atoms with Crippen LogP contribution in [0.5, 0.6) is 0 Å². The van der Waals surface area contributed by atoms with Crippen LogP contribution in [0.3, 0.4) is 0 Å². The van der Waals surface area contributed by atoms with Gasteiger partial charge in [0.15, 0.2) is 0 Å². The summed E-state index contributed by atoms with van der Waals surface area (Å²) in [6.45, 7) is 0.314. The Morgan fingerprint density at radius 3 is 2.17 bits per heavy atom. The number of methoxy groups -OCH3 is 1. The molecule has 3 N–H and O–H groups in total. The van der Waals surface area contributed by atoms with Crippen molar-refractivity contribution in [3.8, 4) is 0 Å². The molecular weight excluding hydrogens is 454 g/mol. The molecule has 188 valence electrons. The Kier molecular flexibility index (Phi) is 10.7. The van der Waals surface area contributed by atoms with Crippen LogP contribution in [0.1, 0.15) is 24.8 Å². The summed E-state index contributed by atoms with van der Waals surface area (Å²) in [6, 6.07) is 16.9. The molecule has 2 aromatic carbocycles. The fourth-order valence-electron chi connectivity index (χ4n) is 3.56. The summed E-state index contributed by atoms with van der Waals surface area (Å²) in [5.74, 6) is -2.87. The Balaban J connectivity index is 2.33. The lowest BCUT2D eigenvalue weighted by molar-refractivity contribution is -0.159. The number of amides is 2. The highest BCUT2D eigenvalue weighted by molar-refractivity contribution is 6.13. The zero-order valence-electron chi connectivity index (χ0n) is 19.9. The van der Waals surface area contributed by atoms with Crippen molar-refractivity contribution in [2.24, 2.45) is 0 Å². The van der Waals surface area contributed by atoms with Crippen molar-refractivity contribution < 1.29 is 33.8 Å². The number of nitrogens with one attached hydrogen (secondary N) is 2. The molecule has 0 spiro atoms. The fourth-order valence-corrected chi connectivity index (χ4v) is 3.56. The van der Waals surface area contributed by atoms with Crippen LogP contribution in [0.2, 0.25) is 0 Å². The van der Waals surface area contributed by atoms with Crippen LogP contribution in [-0.2, 0) is 30.5 Å². The van der Waals surface area contributed by atoms with Crippen molar-refractivity contribution in [1.82, 2.24) is 10.6 Å². The number of carbonyl (C=O) groups excluding carboxylic acids is 3. The van der Waals surface area contributed by atoms with Crippen molar-refractivity contribution in [2.45, 2.75) is 31.4 Å². The predicted octanol–water partition coefficient (Wildman–Crippen LogP) is 2.33. The second-order valence-corrected chi connectivity index (χ2v) is 7.71. The van der Waals surface area contributed by atoms with Gasteiger partial charge < -0.3 is 25.2 Å². The van der Waals surface area contributed by atoms with E-state index in [0.717, 1.165) is 12.0 Å². The molecule has 0 aromatic heterocycles. The van der Waals surface area contributed by atoms with E-state index in [1.807, 2.05) is 6.07 Å². The maximum absolute atomic E-state index is 13.3. The Bertz CT molecular complexity index is 985. The summed E-state index contributed by atoms with van der Waals surface area (Å²) in [5.41, 5.74) is -1.51. The molecule has 0 aliphatic rings. The Labute approximate surface area is 204 Å². The van der Waals surface area contributed by atoms with E-state index in [1.54, 1.807) is 49.5 Å². The topological polar surface area (TPSA) is 134 Å². The first-order chi connectivity index (χ1) is 16.9. The van der Waals surface area contributed by atoms with Crippen LogP contribution in [0, 0.1) is 0 Å². The highest BCUT2D eigenvalue weighted by Gasteiger charge is 2.55. The molecule has 10 nitrogen and oxygen atoms in total. The molecule has 0 saturated carbocycles. The van der Waals surface area contributed by atoms with Gasteiger partial charge in [-0.1, -0.05) is 48.5 Å². The number of likely N-dealkylation sites (N-methyl/N-ethyl adjacent to an activating group) is 1. The van der Waals surface area contributed by atoms with Crippen LogP contribution in [0.25, 0.3) is 0 Å². The molecule has 0 heterocycles. The smallest absolute Gasteiger partial charge is 0.416 e. The SMILES string of the molecule is CNCC(=O)NCCCC[C@](C(=O)O)(C(=O)OC)N(C(=O)OCc1ccccc1)c1ccccc1. The number of anilines is 1. The maximum atomic E-state index is 13.3. The van der Waals surface area contributed by atoms with Gasteiger partial charge in [-0.2, -0.15) is 0 Å². The van der Waals surface area contributed by atoms with Crippen molar-refractivity contribution in [2.75, 3.05) is 32.1 Å². The summed E-state index contributed by atoms with van der Waals surface area (Å²) in [6.07, 6.45) is -0.679. The van der Waals surface area contributed by atoms with Crippen molar-refractivity contribution in [3.05, 3.63) is 66.2 Å². The van der Waals surface area contributed by atoms with E-state index in [0.29, 0.717) is 12.0 Å². The Morgan fingerprint density at radius 1 is 0.971 bits per heavy atom. The summed E-state index contributed by atoms with van der Waals surface area (Å²) in [4.78, 5) is 51.4. The zero-order chi connectivity index (χ0) is 25.7. The summed E-state index contributed by atoms with van der Waals surface area (Å²) in [5, 5.41) is 15.7. The molecule has 2 aromatic rings. The van der Waals surface area contributed by atoms with Crippen molar-refractivity contribution >= 4 is 29.6 Å². The standard InChI is InChI=1S/C25H31N3O7/c1-26-17-21(29)27-16-10-9-15-25(22(30)31,23(32)34-2)28(20-13-7-4-8-14-20)24(33)35-18-19-11-5-3-6-12-19/h3-8,11-14,26H,9-10,15-18H2,1-2H3,(H,27,29)(H,30,31)/t25-/m0/s1. The second kappa shape index (κ2) is 13.7. The van der Waals surface area contributed by atoms with Gasteiger partial charge in [-0.15, -0.1) is 0 Å². The van der Waals surface area contributed by atoms with Gasteiger partial charge in [-0.3, -0.25) is 9.69 Å².